The second-order valence-corrected chi connectivity index (χ2v) is 6.08. The van der Waals surface area contributed by atoms with Crippen molar-refractivity contribution in [3.63, 3.8) is 0 Å². The van der Waals surface area contributed by atoms with Crippen LogP contribution < -0.4 is 10.9 Å². The molecular weight excluding hydrogens is 350 g/mol. The maximum Gasteiger partial charge on any atom is 0.288 e. The number of halogens is 2. The van der Waals surface area contributed by atoms with Gasteiger partial charge in [0, 0.05) is 10.6 Å². The van der Waals surface area contributed by atoms with E-state index >= 15 is 0 Å². The van der Waals surface area contributed by atoms with Gasteiger partial charge in [-0.3, -0.25) is 9.59 Å². The number of benzene rings is 2. The zero-order valence-electron chi connectivity index (χ0n) is 12.7. The molecule has 0 spiro atoms. The molecule has 6 nitrogen and oxygen atoms in total. The molecule has 2 aromatic carbocycles. The third-order valence-corrected chi connectivity index (χ3v) is 4.01. The largest absolute Gasteiger partial charge is 0.324 e. The topological polar surface area (TPSA) is 76.9 Å². The minimum absolute atomic E-state index is 0.301. The molecule has 0 saturated carbocycles. The van der Waals surface area contributed by atoms with Crippen LogP contribution in [0.4, 0.5) is 14.5 Å². The van der Waals surface area contributed by atoms with E-state index in [1.54, 1.807) is 24.3 Å². The molecule has 1 heterocycles. The fourth-order valence-corrected chi connectivity index (χ4v) is 2.68. The molecule has 0 atom stereocenters. The van der Waals surface area contributed by atoms with Crippen LogP contribution >= 0.6 is 11.8 Å². The van der Waals surface area contributed by atoms with E-state index in [9.17, 15) is 18.4 Å². The van der Waals surface area contributed by atoms with Crippen molar-refractivity contribution < 1.29 is 13.6 Å². The highest BCUT2D eigenvalue weighted by atomic mass is 32.2. The van der Waals surface area contributed by atoms with Crippen LogP contribution in [-0.2, 0) is 11.3 Å². The number of fused-ring (bicyclic) bond motifs is 1. The predicted octanol–water partition coefficient (Wildman–Crippen LogP) is 2.74. The van der Waals surface area contributed by atoms with Gasteiger partial charge in [0.05, 0.1) is 5.39 Å². The number of nitrogens with zero attached hydrogens (tertiary/aromatic N) is 3. The third-order valence-electron chi connectivity index (χ3n) is 3.29. The summed E-state index contributed by atoms with van der Waals surface area (Å²) in [5, 5.41) is 10.6. The number of carbonyl (C=O) groups excluding carboxylic acids is 1. The standard InChI is InChI=1S/C16H12F2N4O2S/c17-16(18)25-11-7-5-10(6-8-11)19-14(23)9-22-15(24)12-3-1-2-4-13(12)20-21-22/h1-8,16H,9H2,(H,19,23). The van der Waals surface area contributed by atoms with E-state index in [1.165, 1.54) is 24.3 Å². The van der Waals surface area contributed by atoms with Gasteiger partial charge in [-0.15, -0.1) is 5.10 Å². The van der Waals surface area contributed by atoms with Gasteiger partial charge in [-0.05, 0) is 36.4 Å². The number of amides is 1. The Morgan fingerprint density at radius 2 is 1.88 bits per heavy atom. The molecule has 9 heteroatoms. The average Bonchev–Trinajstić information content (AvgIpc) is 2.59. The summed E-state index contributed by atoms with van der Waals surface area (Å²) < 4.78 is 25.5. The quantitative estimate of drug-likeness (QED) is 0.706. The number of nitrogens with one attached hydrogen (secondary N) is 1. The summed E-state index contributed by atoms with van der Waals surface area (Å²) in [6.07, 6.45) is 0. The zero-order valence-corrected chi connectivity index (χ0v) is 13.5. The first-order valence-electron chi connectivity index (χ1n) is 7.20. The number of rotatable bonds is 5. The Balaban J connectivity index is 1.70. The zero-order chi connectivity index (χ0) is 17.8. The summed E-state index contributed by atoms with van der Waals surface area (Å²) in [6.45, 7) is -0.301. The summed E-state index contributed by atoms with van der Waals surface area (Å²) in [4.78, 5) is 24.7. The van der Waals surface area contributed by atoms with Crippen LogP contribution in [0.15, 0.2) is 58.2 Å². The van der Waals surface area contributed by atoms with E-state index in [0.717, 1.165) is 4.68 Å². The highest BCUT2D eigenvalue weighted by molar-refractivity contribution is 7.99. The molecule has 0 bridgehead atoms. The molecule has 0 aliphatic rings. The molecular formula is C16H12F2N4O2S. The highest BCUT2D eigenvalue weighted by Crippen LogP contribution is 2.26. The van der Waals surface area contributed by atoms with Crippen molar-refractivity contribution in [3.05, 3.63) is 58.9 Å². The molecule has 0 fully saturated rings. The van der Waals surface area contributed by atoms with Gasteiger partial charge in [-0.1, -0.05) is 29.1 Å². The molecule has 128 valence electrons. The molecule has 3 rings (SSSR count). The number of anilines is 1. The van der Waals surface area contributed by atoms with Crippen LogP contribution in [0.1, 0.15) is 0 Å². The molecule has 0 aliphatic carbocycles. The molecule has 1 N–H and O–H groups in total. The molecule has 0 radical (unpaired) electrons. The second-order valence-electron chi connectivity index (χ2n) is 5.02. The minimum Gasteiger partial charge on any atom is -0.324 e. The van der Waals surface area contributed by atoms with Crippen molar-refractivity contribution in [1.29, 1.82) is 0 Å². The van der Waals surface area contributed by atoms with Gasteiger partial charge < -0.3 is 5.32 Å². The lowest BCUT2D eigenvalue weighted by Gasteiger charge is -2.07. The van der Waals surface area contributed by atoms with Gasteiger partial charge in [0.1, 0.15) is 12.1 Å². The van der Waals surface area contributed by atoms with Crippen molar-refractivity contribution in [2.45, 2.75) is 17.2 Å². The molecule has 0 saturated heterocycles. The van der Waals surface area contributed by atoms with Crippen molar-refractivity contribution in [2.24, 2.45) is 0 Å². The van der Waals surface area contributed by atoms with Crippen LogP contribution in [0.5, 0.6) is 0 Å². The fraction of sp³-hybridized carbons (Fsp3) is 0.125. The van der Waals surface area contributed by atoms with Crippen molar-refractivity contribution in [3.8, 4) is 0 Å². The second kappa shape index (κ2) is 7.39. The lowest BCUT2D eigenvalue weighted by Crippen LogP contribution is -2.30. The third kappa shape index (κ3) is 4.18. The molecule has 3 aromatic rings. The summed E-state index contributed by atoms with van der Waals surface area (Å²) >= 11 is 0.422. The molecule has 1 amide bonds. The monoisotopic (exact) mass is 362 g/mol. The Morgan fingerprint density at radius 3 is 2.60 bits per heavy atom. The summed E-state index contributed by atoms with van der Waals surface area (Å²) in [7, 11) is 0. The number of carbonyl (C=O) groups is 1. The van der Waals surface area contributed by atoms with Gasteiger partial charge in [0.2, 0.25) is 5.91 Å². The lowest BCUT2D eigenvalue weighted by atomic mass is 10.2. The SMILES string of the molecule is O=C(Cn1nnc2ccccc2c1=O)Nc1ccc(SC(F)F)cc1. The Labute approximate surface area is 144 Å². The Bertz CT molecular complexity index is 960. The Kier molecular flexibility index (Phi) is 5.03. The van der Waals surface area contributed by atoms with Crippen LogP contribution in [0.3, 0.4) is 0 Å². The van der Waals surface area contributed by atoms with E-state index in [0.29, 0.717) is 33.2 Å². The average molecular weight is 362 g/mol. The number of alkyl halides is 2. The summed E-state index contributed by atoms with van der Waals surface area (Å²) in [6, 6.07) is 12.7. The maximum absolute atomic E-state index is 12.3. The van der Waals surface area contributed by atoms with Crippen LogP contribution in [0.25, 0.3) is 10.9 Å². The van der Waals surface area contributed by atoms with Gasteiger partial charge in [-0.25, -0.2) is 4.68 Å². The molecule has 0 aliphatic heterocycles. The van der Waals surface area contributed by atoms with E-state index < -0.39 is 17.2 Å². The van der Waals surface area contributed by atoms with E-state index in [4.69, 9.17) is 0 Å². The molecule has 0 unspecified atom stereocenters. The first-order chi connectivity index (χ1) is 12.0. The van der Waals surface area contributed by atoms with Gasteiger partial charge >= 0.3 is 0 Å². The molecule has 25 heavy (non-hydrogen) atoms. The summed E-state index contributed by atoms with van der Waals surface area (Å²) in [5.74, 6) is -2.97. The van der Waals surface area contributed by atoms with Crippen molar-refractivity contribution in [2.75, 3.05) is 5.32 Å². The highest BCUT2D eigenvalue weighted by Gasteiger charge is 2.10. The van der Waals surface area contributed by atoms with Gasteiger partial charge in [-0.2, -0.15) is 8.78 Å². The van der Waals surface area contributed by atoms with Gasteiger partial charge in [0.15, 0.2) is 0 Å². The Hall–Kier alpha value is -2.81. The van der Waals surface area contributed by atoms with Crippen LogP contribution in [0, 0.1) is 0 Å². The van der Waals surface area contributed by atoms with Crippen LogP contribution in [-0.4, -0.2) is 26.7 Å². The number of hydrogen-bond donors (Lipinski definition) is 1. The van der Waals surface area contributed by atoms with Gasteiger partial charge in [0.25, 0.3) is 11.3 Å². The minimum atomic E-state index is -2.50. The molecule has 1 aromatic heterocycles. The predicted molar refractivity (Wildman–Crippen MR) is 90.7 cm³/mol. The maximum atomic E-state index is 12.3. The Morgan fingerprint density at radius 1 is 1.16 bits per heavy atom. The number of aromatic nitrogens is 3. The van der Waals surface area contributed by atoms with E-state index in [2.05, 4.69) is 15.6 Å². The van der Waals surface area contributed by atoms with Crippen molar-refractivity contribution >= 4 is 34.3 Å². The van der Waals surface area contributed by atoms with Crippen molar-refractivity contribution in [1.82, 2.24) is 15.0 Å². The van der Waals surface area contributed by atoms with E-state index in [-0.39, 0.29) is 6.54 Å². The van der Waals surface area contributed by atoms with Crippen LogP contribution in [0.2, 0.25) is 0 Å². The first-order valence-corrected chi connectivity index (χ1v) is 8.08. The lowest BCUT2D eigenvalue weighted by molar-refractivity contribution is -0.117. The van der Waals surface area contributed by atoms with E-state index in [1.807, 2.05) is 0 Å². The summed E-state index contributed by atoms with van der Waals surface area (Å²) in [5.41, 5.74) is 0.478. The first kappa shape index (κ1) is 17.0. The normalized spacial score (nSPS) is 11.0. The number of hydrogen-bond acceptors (Lipinski definition) is 5. The fourth-order valence-electron chi connectivity index (χ4n) is 2.18. The number of thioether (sulfide) groups is 1. The smallest absolute Gasteiger partial charge is 0.288 e.